The summed E-state index contributed by atoms with van der Waals surface area (Å²) in [6.45, 7) is 5.23. The maximum absolute atomic E-state index is 12.5. The number of carbonyl (C=O) groups excluding carboxylic acids is 1. The van der Waals surface area contributed by atoms with Gasteiger partial charge >= 0.3 is 6.03 Å². The van der Waals surface area contributed by atoms with E-state index in [0.717, 1.165) is 49.5 Å². The summed E-state index contributed by atoms with van der Waals surface area (Å²) in [5.41, 5.74) is 3.24. The summed E-state index contributed by atoms with van der Waals surface area (Å²) in [5.74, 6) is 0. The molecule has 1 aliphatic rings. The maximum atomic E-state index is 12.5. The molecule has 1 N–H and O–H groups in total. The van der Waals surface area contributed by atoms with E-state index in [-0.39, 0.29) is 6.03 Å². The van der Waals surface area contributed by atoms with Crippen molar-refractivity contribution in [1.29, 1.82) is 0 Å². The average molecular weight is 310 g/mol. The fourth-order valence-corrected chi connectivity index (χ4v) is 2.87. The number of hydrogen-bond donors (Lipinski definition) is 1. The lowest BCUT2D eigenvalue weighted by molar-refractivity contribution is 0.208. The quantitative estimate of drug-likeness (QED) is 0.948. The first-order valence-corrected chi connectivity index (χ1v) is 8.06. The first-order chi connectivity index (χ1) is 11.3. The molecule has 2 aromatic rings. The molecular formula is C18H22N4O. The SMILES string of the molecule is CCc1ccccc1NC(=O)N1CCN(c2ccncc2)CC1. The molecule has 2 amide bonds. The van der Waals surface area contributed by atoms with E-state index in [1.54, 1.807) is 12.4 Å². The second kappa shape index (κ2) is 7.13. The third kappa shape index (κ3) is 3.62. The second-order valence-corrected chi connectivity index (χ2v) is 5.62. The van der Waals surface area contributed by atoms with Crippen molar-refractivity contribution >= 4 is 17.4 Å². The first kappa shape index (κ1) is 15.3. The van der Waals surface area contributed by atoms with Crippen LogP contribution in [0, 0.1) is 0 Å². The summed E-state index contributed by atoms with van der Waals surface area (Å²) in [5, 5.41) is 3.04. The molecule has 0 aliphatic carbocycles. The van der Waals surface area contributed by atoms with Crippen LogP contribution in [0.15, 0.2) is 48.8 Å². The molecule has 2 heterocycles. The lowest BCUT2D eigenvalue weighted by Gasteiger charge is -2.36. The van der Waals surface area contributed by atoms with Crippen LogP contribution in [0.4, 0.5) is 16.2 Å². The molecule has 0 saturated carbocycles. The van der Waals surface area contributed by atoms with E-state index in [1.807, 2.05) is 35.2 Å². The van der Waals surface area contributed by atoms with Gasteiger partial charge in [0.25, 0.3) is 0 Å². The van der Waals surface area contributed by atoms with Gasteiger partial charge in [0.15, 0.2) is 0 Å². The maximum Gasteiger partial charge on any atom is 0.321 e. The third-order valence-corrected chi connectivity index (χ3v) is 4.23. The van der Waals surface area contributed by atoms with Crippen LogP contribution in [-0.2, 0) is 6.42 Å². The van der Waals surface area contributed by atoms with Crippen LogP contribution in [0.25, 0.3) is 0 Å². The van der Waals surface area contributed by atoms with E-state index >= 15 is 0 Å². The molecule has 0 unspecified atom stereocenters. The Labute approximate surface area is 136 Å². The minimum absolute atomic E-state index is 0.0136. The summed E-state index contributed by atoms with van der Waals surface area (Å²) >= 11 is 0. The predicted molar refractivity (Wildman–Crippen MR) is 92.9 cm³/mol. The van der Waals surface area contributed by atoms with Crippen molar-refractivity contribution < 1.29 is 4.79 Å². The second-order valence-electron chi connectivity index (χ2n) is 5.62. The van der Waals surface area contributed by atoms with Gasteiger partial charge in [-0.2, -0.15) is 0 Å². The molecule has 3 rings (SSSR count). The lowest BCUT2D eigenvalue weighted by atomic mass is 10.1. The van der Waals surface area contributed by atoms with Crippen LogP contribution in [-0.4, -0.2) is 42.1 Å². The van der Waals surface area contributed by atoms with Crippen LogP contribution in [0.2, 0.25) is 0 Å². The van der Waals surface area contributed by atoms with Crippen molar-refractivity contribution in [2.24, 2.45) is 0 Å². The number of benzene rings is 1. The Bertz CT molecular complexity index is 651. The molecule has 0 bridgehead atoms. The highest BCUT2D eigenvalue weighted by molar-refractivity contribution is 5.90. The van der Waals surface area contributed by atoms with Gasteiger partial charge in [-0.15, -0.1) is 0 Å². The van der Waals surface area contributed by atoms with Crippen LogP contribution < -0.4 is 10.2 Å². The number of amides is 2. The topological polar surface area (TPSA) is 48.5 Å². The number of anilines is 2. The van der Waals surface area contributed by atoms with Crippen LogP contribution in [0.1, 0.15) is 12.5 Å². The van der Waals surface area contributed by atoms with E-state index in [1.165, 1.54) is 0 Å². The molecule has 5 heteroatoms. The molecule has 0 radical (unpaired) electrons. The van der Waals surface area contributed by atoms with E-state index in [4.69, 9.17) is 0 Å². The van der Waals surface area contributed by atoms with Gasteiger partial charge in [-0.25, -0.2) is 4.79 Å². The summed E-state index contributed by atoms with van der Waals surface area (Å²) < 4.78 is 0. The van der Waals surface area contributed by atoms with Gasteiger partial charge in [0.05, 0.1) is 0 Å². The molecule has 1 aromatic heterocycles. The Kier molecular flexibility index (Phi) is 4.76. The number of para-hydroxylation sites is 1. The number of carbonyl (C=O) groups is 1. The Morgan fingerprint density at radius 2 is 1.78 bits per heavy atom. The monoisotopic (exact) mass is 310 g/mol. The van der Waals surface area contributed by atoms with Crippen molar-refractivity contribution in [3.63, 3.8) is 0 Å². The zero-order valence-electron chi connectivity index (χ0n) is 13.4. The summed E-state index contributed by atoms with van der Waals surface area (Å²) in [7, 11) is 0. The van der Waals surface area contributed by atoms with Crippen molar-refractivity contribution in [3.05, 3.63) is 54.4 Å². The van der Waals surface area contributed by atoms with Gasteiger partial charge in [-0.3, -0.25) is 4.98 Å². The molecule has 1 saturated heterocycles. The number of nitrogens with zero attached hydrogens (tertiary/aromatic N) is 3. The Balaban J connectivity index is 1.58. The fraction of sp³-hybridized carbons (Fsp3) is 0.333. The number of aryl methyl sites for hydroxylation is 1. The molecule has 1 aromatic carbocycles. The van der Waals surface area contributed by atoms with E-state index < -0.39 is 0 Å². The zero-order valence-corrected chi connectivity index (χ0v) is 13.4. The number of hydrogen-bond acceptors (Lipinski definition) is 3. The van der Waals surface area contributed by atoms with Crippen LogP contribution in [0.5, 0.6) is 0 Å². The highest BCUT2D eigenvalue weighted by Crippen LogP contribution is 2.18. The molecule has 0 spiro atoms. The van der Waals surface area contributed by atoms with Crippen molar-refractivity contribution in [3.8, 4) is 0 Å². The van der Waals surface area contributed by atoms with Gasteiger partial charge in [-0.1, -0.05) is 25.1 Å². The molecule has 23 heavy (non-hydrogen) atoms. The molecule has 5 nitrogen and oxygen atoms in total. The Morgan fingerprint density at radius 1 is 1.09 bits per heavy atom. The first-order valence-electron chi connectivity index (χ1n) is 8.06. The van der Waals surface area contributed by atoms with Gasteiger partial charge < -0.3 is 15.1 Å². The van der Waals surface area contributed by atoms with Crippen LogP contribution in [0.3, 0.4) is 0 Å². The lowest BCUT2D eigenvalue weighted by Crippen LogP contribution is -2.50. The summed E-state index contributed by atoms with van der Waals surface area (Å²) in [6.07, 6.45) is 4.51. The number of aromatic nitrogens is 1. The molecule has 120 valence electrons. The average Bonchev–Trinajstić information content (AvgIpc) is 2.63. The van der Waals surface area contributed by atoms with Crippen molar-refractivity contribution in [2.75, 3.05) is 36.4 Å². The number of piperazine rings is 1. The zero-order chi connectivity index (χ0) is 16.1. The Morgan fingerprint density at radius 3 is 2.48 bits per heavy atom. The number of nitrogens with one attached hydrogen (secondary N) is 1. The van der Waals surface area contributed by atoms with E-state index in [2.05, 4.69) is 28.2 Å². The number of pyridine rings is 1. The van der Waals surface area contributed by atoms with Crippen molar-refractivity contribution in [1.82, 2.24) is 9.88 Å². The van der Waals surface area contributed by atoms with Crippen LogP contribution >= 0.6 is 0 Å². The smallest absolute Gasteiger partial charge is 0.321 e. The largest absolute Gasteiger partial charge is 0.368 e. The minimum atomic E-state index is -0.0136. The predicted octanol–water partition coefficient (Wildman–Crippen LogP) is 3.00. The van der Waals surface area contributed by atoms with E-state index in [9.17, 15) is 4.79 Å². The van der Waals surface area contributed by atoms with Gasteiger partial charge in [-0.05, 0) is 30.2 Å². The highest BCUT2D eigenvalue weighted by atomic mass is 16.2. The third-order valence-electron chi connectivity index (χ3n) is 4.23. The summed E-state index contributed by atoms with van der Waals surface area (Å²) in [4.78, 5) is 20.7. The molecule has 1 aliphatic heterocycles. The van der Waals surface area contributed by atoms with Gasteiger partial charge in [0.1, 0.15) is 0 Å². The minimum Gasteiger partial charge on any atom is -0.368 e. The highest BCUT2D eigenvalue weighted by Gasteiger charge is 2.21. The number of rotatable bonds is 3. The molecular weight excluding hydrogens is 288 g/mol. The number of urea groups is 1. The standard InChI is InChI=1S/C18H22N4O/c1-2-15-5-3-4-6-17(15)20-18(23)22-13-11-21(12-14-22)16-7-9-19-10-8-16/h3-10H,2,11-14H2,1H3,(H,20,23). The fourth-order valence-electron chi connectivity index (χ4n) is 2.87. The van der Waals surface area contributed by atoms with E-state index in [0.29, 0.717) is 0 Å². The van der Waals surface area contributed by atoms with Gasteiger partial charge in [0, 0.05) is 49.9 Å². The normalized spacial score (nSPS) is 14.7. The molecule has 1 fully saturated rings. The summed E-state index contributed by atoms with van der Waals surface area (Å²) in [6, 6.07) is 12.0. The Hall–Kier alpha value is -2.56. The molecule has 0 atom stereocenters. The van der Waals surface area contributed by atoms with Crippen molar-refractivity contribution in [2.45, 2.75) is 13.3 Å². The van der Waals surface area contributed by atoms with Gasteiger partial charge in [0.2, 0.25) is 0 Å².